The maximum absolute atomic E-state index is 12.0. The van der Waals surface area contributed by atoms with E-state index < -0.39 is 6.10 Å². The quantitative estimate of drug-likeness (QED) is 0.0301. The molecule has 0 heterocycles. The number of aliphatic hydroxyl groups is 2. The predicted octanol–water partition coefficient (Wildman–Crippen LogP) is 11.2. The van der Waals surface area contributed by atoms with Crippen molar-refractivity contribution in [3.63, 3.8) is 0 Å². The summed E-state index contributed by atoms with van der Waals surface area (Å²) in [6.45, 7) is 4.13. The number of ether oxygens (including phenoxy) is 2. The molecule has 6 nitrogen and oxygen atoms in total. The molecule has 0 saturated heterocycles. The minimum absolute atomic E-state index is 0.143. The summed E-state index contributed by atoms with van der Waals surface area (Å²) in [6.07, 6.45) is 43.5. The zero-order chi connectivity index (χ0) is 35.2. The van der Waals surface area contributed by atoms with Gasteiger partial charge in [0.15, 0.2) is 0 Å². The molecule has 0 saturated carbocycles. The summed E-state index contributed by atoms with van der Waals surface area (Å²) in [5.74, 6) is -0.651. The lowest BCUT2D eigenvalue weighted by Crippen LogP contribution is -2.25. The van der Waals surface area contributed by atoms with Crippen molar-refractivity contribution in [3.8, 4) is 0 Å². The average molecular weight is 675 g/mol. The van der Waals surface area contributed by atoms with Gasteiger partial charge in [-0.25, -0.2) is 0 Å². The number of carbonyl (C=O) groups is 2. The highest BCUT2D eigenvalue weighted by Crippen LogP contribution is 2.14. The Morgan fingerprint density at radius 3 is 1.50 bits per heavy atom. The van der Waals surface area contributed by atoms with Gasteiger partial charge in [-0.3, -0.25) is 9.59 Å². The molecule has 0 spiro atoms. The van der Waals surface area contributed by atoms with Crippen LogP contribution in [0.3, 0.4) is 0 Å². The first-order valence-electron chi connectivity index (χ1n) is 19.8. The summed E-state index contributed by atoms with van der Waals surface area (Å²) in [5.41, 5.74) is 0. The molecule has 0 aliphatic rings. The second-order valence-corrected chi connectivity index (χ2v) is 13.3. The van der Waals surface area contributed by atoms with Crippen LogP contribution in [0.1, 0.15) is 181 Å². The SMILES string of the molecule is CCCCCCCCCCCCCCCCCCC(=O)OC[C@H](O)COC(=O)CCC/C=C\C/C=C\C/C=C\C=C\[C@H](O)CCCCC. The summed E-state index contributed by atoms with van der Waals surface area (Å²) in [6, 6.07) is 0. The monoisotopic (exact) mass is 675 g/mol. The Labute approximate surface area is 295 Å². The van der Waals surface area contributed by atoms with E-state index in [2.05, 4.69) is 44.2 Å². The average Bonchev–Trinajstić information content (AvgIpc) is 3.08. The first kappa shape index (κ1) is 45.8. The van der Waals surface area contributed by atoms with Gasteiger partial charge in [0.1, 0.15) is 19.3 Å². The van der Waals surface area contributed by atoms with Crippen LogP contribution in [-0.4, -0.2) is 47.6 Å². The van der Waals surface area contributed by atoms with Gasteiger partial charge < -0.3 is 19.7 Å². The Balaban J connectivity index is 3.57. The summed E-state index contributed by atoms with van der Waals surface area (Å²) < 4.78 is 10.3. The van der Waals surface area contributed by atoms with Gasteiger partial charge >= 0.3 is 11.9 Å². The molecule has 0 aliphatic carbocycles. The van der Waals surface area contributed by atoms with E-state index in [9.17, 15) is 19.8 Å². The van der Waals surface area contributed by atoms with E-state index in [-0.39, 0.29) is 37.7 Å². The molecule has 0 aromatic rings. The fourth-order valence-electron chi connectivity index (χ4n) is 5.37. The number of unbranched alkanes of at least 4 members (excludes halogenated alkanes) is 18. The minimum Gasteiger partial charge on any atom is -0.463 e. The third-order valence-electron chi connectivity index (χ3n) is 8.42. The third-order valence-corrected chi connectivity index (χ3v) is 8.42. The van der Waals surface area contributed by atoms with E-state index in [0.29, 0.717) is 12.8 Å². The Hall–Kier alpha value is -2.18. The second kappa shape index (κ2) is 37.6. The number of hydrogen-bond acceptors (Lipinski definition) is 6. The van der Waals surface area contributed by atoms with E-state index in [4.69, 9.17) is 9.47 Å². The molecule has 0 fully saturated rings. The van der Waals surface area contributed by atoms with Crippen LogP contribution in [-0.2, 0) is 19.1 Å². The highest BCUT2D eigenvalue weighted by molar-refractivity contribution is 5.69. The van der Waals surface area contributed by atoms with Crippen molar-refractivity contribution < 1.29 is 29.3 Å². The van der Waals surface area contributed by atoms with E-state index in [1.807, 2.05) is 18.2 Å². The summed E-state index contributed by atoms with van der Waals surface area (Å²) >= 11 is 0. The number of carbonyl (C=O) groups excluding carboxylic acids is 2. The lowest BCUT2D eigenvalue weighted by molar-refractivity contribution is -0.152. The fraction of sp³-hybridized carbons (Fsp3) is 0.762. The van der Waals surface area contributed by atoms with Gasteiger partial charge in [-0.2, -0.15) is 0 Å². The molecule has 0 bridgehead atoms. The Morgan fingerprint density at radius 1 is 0.521 bits per heavy atom. The van der Waals surface area contributed by atoms with Crippen molar-refractivity contribution in [1.82, 2.24) is 0 Å². The molecule has 2 atom stereocenters. The molecule has 0 unspecified atom stereocenters. The third kappa shape index (κ3) is 36.7. The van der Waals surface area contributed by atoms with Crippen molar-refractivity contribution in [1.29, 1.82) is 0 Å². The van der Waals surface area contributed by atoms with Gasteiger partial charge in [0.2, 0.25) is 0 Å². The highest BCUT2D eigenvalue weighted by atomic mass is 16.6. The highest BCUT2D eigenvalue weighted by Gasteiger charge is 2.12. The number of hydrogen-bond donors (Lipinski definition) is 2. The molecule has 2 N–H and O–H groups in total. The van der Waals surface area contributed by atoms with Crippen LogP contribution < -0.4 is 0 Å². The maximum Gasteiger partial charge on any atom is 0.305 e. The smallest absolute Gasteiger partial charge is 0.305 e. The van der Waals surface area contributed by atoms with Crippen LogP contribution in [0.25, 0.3) is 0 Å². The van der Waals surface area contributed by atoms with E-state index in [1.54, 1.807) is 0 Å². The number of esters is 2. The fourth-order valence-corrected chi connectivity index (χ4v) is 5.37. The van der Waals surface area contributed by atoms with Crippen molar-refractivity contribution in [2.75, 3.05) is 13.2 Å². The van der Waals surface area contributed by atoms with E-state index >= 15 is 0 Å². The maximum atomic E-state index is 12.0. The number of aliphatic hydroxyl groups excluding tert-OH is 2. The lowest BCUT2D eigenvalue weighted by atomic mass is 10.0. The van der Waals surface area contributed by atoms with E-state index in [1.165, 1.54) is 89.9 Å². The summed E-state index contributed by atoms with van der Waals surface area (Å²) in [4.78, 5) is 23.9. The largest absolute Gasteiger partial charge is 0.463 e. The molecule has 0 aromatic heterocycles. The second-order valence-electron chi connectivity index (χ2n) is 13.3. The number of rotatable bonds is 35. The topological polar surface area (TPSA) is 93.1 Å². The predicted molar refractivity (Wildman–Crippen MR) is 202 cm³/mol. The lowest BCUT2D eigenvalue weighted by Gasteiger charge is -2.12. The molecule has 0 aromatic carbocycles. The summed E-state index contributed by atoms with van der Waals surface area (Å²) in [7, 11) is 0. The first-order valence-corrected chi connectivity index (χ1v) is 19.8. The zero-order valence-corrected chi connectivity index (χ0v) is 31.1. The van der Waals surface area contributed by atoms with Gasteiger partial charge in [0.05, 0.1) is 6.10 Å². The molecule has 0 rings (SSSR count). The molecule has 0 aliphatic heterocycles. The van der Waals surface area contributed by atoms with Crippen LogP contribution >= 0.6 is 0 Å². The Kier molecular flexibility index (Phi) is 35.9. The Morgan fingerprint density at radius 2 is 0.958 bits per heavy atom. The standard InChI is InChI=1S/C42H74O6/c1-3-5-7-8-9-10-11-12-13-14-15-18-21-24-27-31-35-41(45)47-37-40(44)38-48-42(46)36-32-28-25-22-19-16-17-20-23-26-30-34-39(43)33-29-6-4-2/h16-17,22-23,25-26,30,34,39-40,43-44H,3-15,18-21,24,27-29,31-33,35-38H2,1-2H3/b17-16-,25-22-,26-23-,34-30+/t39-,40+/m1/s1. The van der Waals surface area contributed by atoms with Crippen molar-refractivity contribution in [3.05, 3.63) is 48.6 Å². The van der Waals surface area contributed by atoms with Gasteiger partial charge in [-0.15, -0.1) is 0 Å². The zero-order valence-electron chi connectivity index (χ0n) is 31.1. The molecule has 0 amide bonds. The molecular formula is C42H74O6. The van der Waals surface area contributed by atoms with Crippen molar-refractivity contribution in [2.24, 2.45) is 0 Å². The van der Waals surface area contributed by atoms with Gasteiger partial charge in [0, 0.05) is 12.8 Å². The molecule has 278 valence electrons. The van der Waals surface area contributed by atoms with Gasteiger partial charge in [-0.1, -0.05) is 178 Å². The van der Waals surface area contributed by atoms with Crippen LogP contribution in [0.2, 0.25) is 0 Å². The van der Waals surface area contributed by atoms with Gasteiger partial charge in [-0.05, 0) is 38.5 Å². The van der Waals surface area contributed by atoms with Gasteiger partial charge in [0.25, 0.3) is 0 Å². The normalized spacial score (nSPS) is 13.3. The van der Waals surface area contributed by atoms with Crippen LogP contribution in [0.5, 0.6) is 0 Å². The van der Waals surface area contributed by atoms with Crippen molar-refractivity contribution in [2.45, 2.75) is 193 Å². The molecule has 0 radical (unpaired) electrons. The van der Waals surface area contributed by atoms with Crippen LogP contribution in [0.4, 0.5) is 0 Å². The molecule has 48 heavy (non-hydrogen) atoms. The van der Waals surface area contributed by atoms with Crippen LogP contribution in [0, 0.1) is 0 Å². The first-order chi connectivity index (χ1) is 23.5. The van der Waals surface area contributed by atoms with Crippen LogP contribution in [0.15, 0.2) is 48.6 Å². The van der Waals surface area contributed by atoms with Crippen molar-refractivity contribution >= 4 is 11.9 Å². The summed E-state index contributed by atoms with van der Waals surface area (Å²) in [5, 5.41) is 19.8. The molecular weight excluding hydrogens is 600 g/mol. The Bertz CT molecular complexity index is 830. The number of allylic oxidation sites excluding steroid dienone is 7. The molecule has 6 heteroatoms. The minimum atomic E-state index is -0.997. The van der Waals surface area contributed by atoms with E-state index in [0.717, 1.165) is 57.8 Å².